The summed E-state index contributed by atoms with van der Waals surface area (Å²) in [5.41, 5.74) is 8.49. The molecule has 0 radical (unpaired) electrons. The molecule has 0 heterocycles. The Balaban J connectivity index is 2.26. The Hall–Kier alpha value is -1.89. The summed E-state index contributed by atoms with van der Waals surface area (Å²) in [6, 6.07) is 14.3. The van der Waals surface area contributed by atoms with E-state index in [1.807, 2.05) is 36.2 Å². The summed E-state index contributed by atoms with van der Waals surface area (Å²) in [6.07, 6.45) is 0. The maximum atomic E-state index is 11.2. The Morgan fingerprint density at radius 1 is 0.950 bits per heavy atom. The fourth-order valence-electron chi connectivity index (χ4n) is 1.86. The van der Waals surface area contributed by atoms with E-state index in [1.54, 1.807) is 12.1 Å². The number of anilines is 2. The zero-order valence-corrected chi connectivity index (χ0v) is 12.0. The summed E-state index contributed by atoms with van der Waals surface area (Å²) in [7, 11) is -1.75. The van der Waals surface area contributed by atoms with Gasteiger partial charge in [0.15, 0.2) is 0 Å². The second-order valence-electron chi connectivity index (χ2n) is 4.47. The van der Waals surface area contributed by atoms with Gasteiger partial charge in [0, 0.05) is 25.0 Å². The third kappa shape index (κ3) is 3.16. The third-order valence-corrected chi connectivity index (χ3v) is 4.04. The van der Waals surface area contributed by atoms with Crippen LogP contribution in [0.25, 0.3) is 0 Å². The van der Waals surface area contributed by atoms with Gasteiger partial charge in [-0.25, -0.2) is 13.6 Å². The smallest absolute Gasteiger partial charge is 0.238 e. The molecule has 0 saturated carbocycles. The number of nitrogens with two attached hydrogens (primary N) is 2. The highest BCUT2D eigenvalue weighted by atomic mass is 32.2. The minimum Gasteiger partial charge on any atom is -0.345 e. The molecule has 2 aromatic rings. The van der Waals surface area contributed by atoms with Crippen molar-refractivity contribution in [3.05, 3.63) is 54.1 Å². The minimum atomic E-state index is -3.65. The van der Waals surface area contributed by atoms with Crippen molar-refractivity contribution in [2.24, 2.45) is 10.9 Å². The lowest BCUT2D eigenvalue weighted by atomic mass is 10.2. The Kier molecular flexibility index (Phi) is 4.08. The molecular weight excluding hydrogens is 274 g/mol. The van der Waals surface area contributed by atoms with Gasteiger partial charge < -0.3 is 10.6 Å². The van der Waals surface area contributed by atoms with E-state index in [0.29, 0.717) is 6.54 Å². The quantitative estimate of drug-likeness (QED) is 0.894. The fraction of sp³-hybridized carbons (Fsp3) is 0.143. The van der Waals surface area contributed by atoms with Gasteiger partial charge in [0.05, 0.1) is 4.90 Å². The second kappa shape index (κ2) is 5.62. The van der Waals surface area contributed by atoms with Gasteiger partial charge in [0.1, 0.15) is 0 Å². The molecule has 0 spiro atoms. The lowest BCUT2D eigenvalue weighted by Crippen LogP contribution is -2.13. The van der Waals surface area contributed by atoms with Crippen molar-refractivity contribution in [2.45, 2.75) is 11.4 Å². The van der Waals surface area contributed by atoms with Crippen LogP contribution in [0.5, 0.6) is 0 Å². The molecule has 6 heteroatoms. The molecule has 106 valence electrons. The van der Waals surface area contributed by atoms with Crippen LogP contribution in [0.15, 0.2) is 53.4 Å². The van der Waals surface area contributed by atoms with E-state index in [9.17, 15) is 8.42 Å². The molecule has 0 aromatic heterocycles. The standard InChI is InChI=1S/C14H17N3O2S/c1-17(12-4-2-11(10-15)3-5-12)13-6-8-14(9-7-13)20(16,18)19/h2-9H,10,15H2,1H3,(H2,16,18,19). The molecule has 0 fully saturated rings. The molecule has 0 aliphatic rings. The van der Waals surface area contributed by atoms with Crippen molar-refractivity contribution in [1.29, 1.82) is 0 Å². The summed E-state index contributed by atoms with van der Waals surface area (Å²) in [6.45, 7) is 0.507. The normalized spacial score (nSPS) is 11.3. The van der Waals surface area contributed by atoms with Crippen LogP contribution in [0.1, 0.15) is 5.56 Å². The van der Waals surface area contributed by atoms with E-state index in [0.717, 1.165) is 16.9 Å². The molecule has 20 heavy (non-hydrogen) atoms. The van der Waals surface area contributed by atoms with Gasteiger partial charge in [-0.15, -0.1) is 0 Å². The minimum absolute atomic E-state index is 0.105. The summed E-state index contributed by atoms with van der Waals surface area (Å²) in [4.78, 5) is 2.06. The van der Waals surface area contributed by atoms with E-state index >= 15 is 0 Å². The van der Waals surface area contributed by atoms with Crippen molar-refractivity contribution >= 4 is 21.4 Å². The Bertz CT molecular complexity index is 679. The number of sulfonamides is 1. The van der Waals surface area contributed by atoms with Crippen LogP contribution in [0, 0.1) is 0 Å². The maximum absolute atomic E-state index is 11.2. The first-order valence-corrected chi connectivity index (χ1v) is 7.62. The van der Waals surface area contributed by atoms with E-state index in [2.05, 4.69) is 0 Å². The van der Waals surface area contributed by atoms with Gasteiger partial charge in [-0.05, 0) is 42.0 Å². The van der Waals surface area contributed by atoms with Gasteiger partial charge >= 0.3 is 0 Å². The van der Waals surface area contributed by atoms with Crippen LogP contribution in [-0.4, -0.2) is 15.5 Å². The first-order valence-electron chi connectivity index (χ1n) is 6.07. The molecule has 0 unspecified atom stereocenters. The molecule has 2 aromatic carbocycles. The molecule has 0 bridgehead atoms. The molecule has 5 nitrogen and oxygen atoms in total. The van der Waals surface area contributed by atoms with E-state index in [1.165, 1.54) is 12.1 Å². The van der Waals surface area contributed by atoms with Gasteiger partial charge in [-0.1, -0.05) is 12.1 Å². The lowest BCUT2D eigenvalue weighted by Gasteiger charge is -2.20. The van der Waals surface area contributed by atoms with Crippen molar-refractivity contribution < 1.29 is 8.42 Å². The zero-order valence-electron chi connectivity index (χ0n) is 11.2. The summed E-state index contributed by atoms with van der Waals surface area (Å²) >= 11 is 0. The fourth-order valence-corrected chi connectivity index (χ4v) is 2.38. The molecule has 0 saturated heterocycles. The monoisotopic (exact) mass is 291 g/mol. The predicted molar refractivity (Wildman–Crippen MR) is 80.2 cm³/mol. The number of hydrogen-bond donors (Lipinski definition) is 2. The van der Waals surface area contributed by atoms with Crippen LogP contribution in [0.2, 0.25) is 0 Å². The van der Waals surface area contributed by atoms with Crippen LogP contribution < -0.4 is 15.8 Å². The van der Waals surface area contributed by atoms with Crippen molar-refractivity contribution in [1.82, 2.24) is 0 Å². The summed E-state index contributed by atoms with van der Waals surface area (Å²) in [5.74, 6) is 0. The summed E-state index contributed by atoms with van der Waals surface area (Å²) in [5, 5.41) is 5.07. The van der Waals surface area contributed by atoms with Crippen molar-refractivity contribution in [3.63, 3.8) is 0 Å². The van der Waals surface area contributed by atoms with Crippen LogP contribution in [0.4, 0.5) is 11.4 Å². The van der Waals surface area contributed by atoms with E-state index < -0.39 is 10.0 Å². The van der Waals surface area contributed by atoms with Crippen LogP contribution in [0.3, 0.4) is 0 Å². The molecule has 0 aliphatic carbocycles. The first-order chi connectivity index (χ1) is 9.41. The lowest BCUT2D eigenvalue weighted by molar-refractivity contribution is 0.598. The van der Waals surface area contributed by atoms with Crippen LogP contribution >= 0.6 is 0 Å². The average Bonchev–Trinajstić information content (AvgIpc) is 2.46. The Labute approximate surface area is 118 Å². The topological polar surface area (TPSA) is 89.4 Å². The molecule has 0 atom stereocenters. The van der Waals surface area contributed by atoms with Gasteiger partial charge in [0.2, 0.25) is 10.0 Å². The van der Waals surface area contributed by atoms with Crippen molar-refractivity contribution in [3.8, 4) is 0 Å². The predicted octanol–water partition coefficient (Wildman–Crippen LogP) is 1.56. The maximum Gasteiger partial charge on any atom is 0.238 e. The molecule has 0 amide bonds. The Morgan fingerprint density at radius 3 is 1.80 bits per heavy atom. The van der Waals surface area contributed by atoms with Gasteiger partial charge in [0.25, 0.3) is 0 Å². The average molecular weight is 291 g/mol. The molecule has 0 aliphatic heterocycles. The first kappa shape index (κ1) is 14.5. The largest absolute Gasteiger partial charge is 0.345 e. The Morgan fingerprint density at radius 2 is 1.40 bits per heavy atom. The summed E-state index contributed by atoms with van der Waals surface area (Å²) < 4.78 is 22.4. The van der Waals surface area contributed by atoms with Gasteiger partial charge in [-0.2, -0.15) is 0 Å². The molecule has 4 N–H and O–H groups in total. The molecule has 2 rings (SSSR count). The number of benzene rings is 2. The number of nitrogens with zero attached hydrogens (tertiary/aromatic N) is 1. The zero-order chi connectivity index (χ0) is 14.8. The van der Waals surface area contributed by atoms with Gasteiger partial charge in [-0.3, -0.25) is 0 Å². The third-order valence-electron chi connectivity index (χ3n) is 3.11. The van der Waals surface area contributed by atoms with E-state index in [4.69, 9.17) is 10.9 Å². The number of primary sulfonamides is 1. The van der Waals surface area contributed by atoms with E-state index in [-0.39, 0.29) is 4.90 Å². The van der Waals surface area contributed by atoms with Crippen molar-refractivity contribution in [2.75, 3.05) is 11.9 Å². The second-order valence-corrected chi connectivity index (χ2v) is 6.03. The number of rotatable bonds is 4. The van der Waals surface area contributed by atoms with Crippen LogP contribution in [-0.2, 0) is 16.6 Å². The SMILES string of the molecule is CN(c1ccc(CN)cc1)c1ccc(S(N)(=O)=O)cc1. The number of hydrogen-bond acceptors (Lipinski definition) is 4. The highest BCUT2D eigenvalue weighted by molar-refractivity contribution is 7.89. The highest BCUT2D eigenvalue weighted by Gasteiger charge is 2.09. The highest BCUT2D eigenvalue weighted by Crippen LogP contribution is 2.24. The molecular formula is C14H17N3O2S.